The second-order valence-corrected chi connectivity index (χ2v) is 2.83. The lowest BCUT2D eigenvalue weighted by Crippen LogP contribution is -2.30. The molecule has 0 aliphatic carbocycles. The van der Waals surface area contributed by atoms with Gasteiger partial charge in [0.25, 0.3) is 5.56 Å². The maximum Gasteiger partial charge on any atom is 0.252 e. The number of nitrogens with zero attached hydrogens (tertiary/aromatic N) is 2. The van der Waals surface area contributed by atoms with E-state index in [2.05, 4.69) is 20.5 Å². The van der Waals surface area contributed by atoms with Crippen molar-refractivity contribution in [1.82, 2.24) is 9.97 Å². The van der Waals surface area contributed by atoms with Crippen LogP contribution >= 0.6 is 0 Å². The van der Waals surface area contributed by atoms with Crippen molar-refractivity contribution in [3.05, 3.63) is 22.1 Å². The highest BCUT2D eigenvalue weighted by molar-refractivity contribution is 6.33. The van der Waals surface area contributed by atoms with Crippen molar-refractivity contribution in [2.24, 2.45) is 5.10 Å². The van der Waals surface area contributed by atoms with Crippen molar-refractivity contribution < 1.29 is 9.90 Å². The first-order valence-corrected chi connectivity index (χ1v) is 4.08. The predicted molar refractivity (Wildman–Crippen MR) is 51.3 cm³/mol. The number of hydrogen-bond acceptors (Lipinski definition) is 6. The molecule has 1 heterocycles. The zero-order valence-electron chi connectivity index (χ0n) is 8.20. The lowest BCUT2D eigenvalue weighted by molar-refractivity contribution is -0.294. The van der Waals surface area contributed by atoms with Gasteiger partial charge in [-0.3, -0.25) is 9.78 Å². The number of anilines is 1. The maximum absolute atomic E-state index is 11.0. The van der Waals surface area contributed by atoms with Gasteiger partial charge in [-0.2, -0.15) is 5.10 Å². The van der Waals surface area contributed by atoms with Crippen LogP contribution < -0.4 is 16.1 Å². The van der Waals surface area contributed by atoms with Crippen LogP contribution in [0.1, 0.15) is 12.6 Å². The summed E-state index contributed by atoms with van der Waals surface area (Å²) in [5.41, 5.74) is 2.23. The number of aliphatic carboxylic acids is 1. The molecule has 1 rings (SSSR count). The highest BCUT2D eigenvalue weighted by Gasteiger charge is 1.96. The molecule has 0 aromatic carbocycles. The van der Waals surface area contributed by atoms with Gasteiger partial charge in [0, 0.05) is 11.8 Å². The number of hydrogen-bond donors (Lipinski definition) is 2. The summed E-state index contributed by atoms with van der Waals surface area (Å²) in [4.78, 5) is 27.5. The quantitative estimate of drug-likeness (QED) is 0.470. The summed E-state index contributed by atoms with van der Waals surface area (Å²) in [6.45, 7) is 2.89. The molecule has 7 nitrogen and oxygen atoms in total. The van der Waals surface area contributed by atoms with Crippen molar-refractivity contribution >= 4 is 17.6 Å². The molecule has 0 atom stereocenters. The van der Waals surface area contributed by atoms with Gasteiger partial charge in [-0.05, 0) is 13.8 Å². The Morgan fingerprint density at radius 1 is 1.67 bits per heavy atom. The van der Waals surface area contributed by atoms with Crippen LogP contribution in [0.15, 0.2) is 16.0 Å². The van der Waals surface area contributed by atoms with Crippen LogP contribution in [0.3, 0.4) is 0 Å². The number of aromatic nitrogens is 2. The molecule has 0 aliphatic heterocycles. The summed E-state index contributed by atoms with van der Waals surface area (Å²) < 4.78 is 0. The number of carbonyl (C=O) groups excluding carboxylic acids is 1. The van der Waals surface area contributed by atoms with Gasteiger partial charge in [0.15, 0.2) is 0 Å². The minimum atomic E-state index is -1.39. The molecular formula is C8H9N4O3-. The number of H-pyrrole nitrogens is 1. The van der Waals surface area contributed by atoms with Gasteiger partial charge in [-0.25, -0.2) is 10.4 Å². The van der Waals surface area contributed by atoms with E-state index in [4.69, 9.17) is 0 Å². The van der Waals surface area contributed by atoms with E-state index in [0.29, 0.717) is 5.69 Å². The largest absolute Gasteiger partial charge is 0.543 e. The van der Waals surface area contributed by atoms with E-state index in [0.717, 1.165) is 0 Å². The highest BCUT2D eigenvalue weighted by Crippen LogP contribution is 1.95. The second-order valence-electron chi connectivity index (χ2n) is 2.83. The summed E-state index contributed by atoms with van der Waals surface area (Å²) in [7, 11) is 0. The molecule has 1 aromatic rings. The molecular weight excluding hydrogens is 200 g/mol. The monoisotopic (exact) mass is 209 g/mol. The number of carboxylic acid groups (broad SMARTS) is 1. The SMILES string of the molecule is C/C(=N/Nc1nc(C)cc(=O)[nH]1)C(=O)[O-]. The lowest BCUT2D eigenvalue weighted by Gasteiger charge is -2.03. The van der Waals surface area contributed by atoms with E-state index in [1.807, 2.05) is 0 Å². The normalized spacial score (nSPS) is 11.2. The fourth-order valence-corrected chi connectivity index (χ4v) is 0.814. The zero-order chi connectivity index (χ0) is 11.4. The molecule has 15 heavy (non-hydrogen) atoms. The maximum atomic E-state index is 11.0. The molecule has 80 valence electrons. The van der Waals surface area contributed by atoms with Crippen molar-refractivity contribution in [2.75, 3.05) is 5.43 Å². The molecule has 0 bridgehead atoms. The molecule has 0 fully saturated rings. The van der Waals surface area contributed by atoms with E-state index >= 15 is 0 Å². The van der Waals surface area contributed by atoms with Crippen molar-refractivity contribution in [1.29, 1.82) is 0 Å². The van der Waals surface area contributed by atoms with Crippen molar-refractivity contribution in [3.63, 3.8) is 0 Å². The molecule has 0 aliphatic rings. The van der Waals surface area contributed by atoms with E-state index in [9.17, 15) is 14.7 Å². The van der Waals surface area contributed by atoms with Crippen molar-refractivity contribution in [3.8, 4) is 0 Å². The minimum Gasteiger partial charge on any atom is -0.543 e. The smallest absolute Gasteiger partial charge is 0.252 e. The van der Waals surface area contributed by atoms with Gasteiger partial charge in [-0.1, -0.05) is 0 Å². The molecule has 0 amide bonds. The first-order chi connectivity index (χ1) is 6.99. The molecule has 2 N–H and O–H groups in total. The summed E-state index contributed by atoms with van der Waals surface area (Å²) in [6, 6.07) is 1.31. The second kappa shape index (κ2) is 4.36. The fourth-order valence-electron chi connectivity index (χ4n) is 0.814. The van der Waals surface area contributed by atoms with Gasteiger partial charge >= 0.3 is 0 Å². The number of aromatic amines is 1. The van der Waals surface area contributed by atoms with Gasteiger partial charge in [0.2, 0.25) is 5.95 Å². The molecule has 0 unspecified atom stereocenters. The standard InChI is InChI=1S/C8H10N4O3/c1-4-3-6(13)10-8(9-4)12-11-5(2)7(14)15/h3H,1-2H3,(H,14,15)(H2,9,10,12,13)/p-1/b11-5-. The Bertz CT molecular complexity index is 463. The number of nitrogens with one attached hydrogen (secondary N) is 2. The Labute approximate surface area is 84.9 Å². The minimum absolute atomic E-state index is 0.0839. The molecule has 0 saturated carbocycles. The van der Waals surface area contributed by atoms with Crippen LogP contribution in [0.4, 0.5) is 5.95 Å². The third-order valence-electron chi connectivity index (χ3n) is 1.49. The average Bonchev–Trinajstić information content (AvgIpc) is 2.12. The van der Waals surface area contributed by atoms with Crippen molar-refractivity contribution in [2.45, 2.75) is 13.8 Å². The number of hydrazone groups is 1. The van der Waals surface area contributed by atoms with Gasteiger partial charge in [0.1, 0.15) is 0 Å². The first-order valence-electron chi connectivity index (χ1n) is 4.08. The van der Waals surface area contributed by atoms with Crippen LogP contribution in [-0.2, 0) is 4.79 Å². The van der Waals surface area contributed by atoms with E-state index in [1.54, 1.807) is 6.92 Å². The lowest BCUT2D eigenvalue weighted by atomic mass is 10.4. The Morgan fingerprint density at radius 3 is 2.87 bits per heavy atom. The predicted octanol–water partition coefficient (Wildman–Crippen LogP) is -1.38. The van der Waals surface area contributed by atoms with Crippen LogP contribution in [0, 0.1) is 6.92 Å². The molecule has 0 saturated heterocycles. The number of carboxylic acids is 1. The van der Waals surface area contributed by atoms with Gasteiger partial charge in [0.05, 0.1) is 11.7 Å². The van der Waals surface area contributed by atoms with Crippen LogP contribution in [0.2, 0.25) is 0 Å². The Balaban J connectivity index is 2.86. The number of aryl methyl sites for hydroxylation is 1. The fraction of sp³-hybridized carbons (Fsp3) is 0.250. The summed E-state index contributed by atoms with van der Waals surface area (Å²) >= 11 is 0. The highest BCUT2D eigenvalue weighted by atomic mass is 16.4. The summed E-state index contributed by atoms with van der Waals surface area (Å²) in [5, 5.41) is 13.7. The molecule has 0 spiro atoms. The Morgan fingerprint density at radius 2 is 2.33 bits per heavy atom. The average molecular weight is 209 g/mol. The molecule has 7 heteroatoms. The third-order valence-corrected chi connectivity index (χ3v) is 1.49. The Hall–Kier alpha value is -2.18. The Kier molecular flexibility index (Phi) is 3.17. The van der Waals surface area contributed by atoms with E-state index < -0.39 is 5.97 Å². The zero-order valence-corrected chi connectivity index (χ0v) is 8.20. The first kappa shape index (κ1) is 10.9. The summed E-state index contributed by atoms with van der Waals surface area (Å²) in [6.07, 6.45) is 0. The molecule has 0 radical (unpaired) electrons. The number of rotatable bonds is 3. The van der Waals surface area contributed by atoms with Gasteiger partial charge < -0.3 is 9.90 Å². The summed E-state index contributed by atoms with van der Waals surface area (Å²) in [5.74, 6) is -1.31. The van der Waals surface area contributed by atoms with Gasteiger partial charge in [-0.15, -0.1) is 0 Å². The topological polar surface area (TPSA) is 110 Å². The van der Waals surface area contributed by atoms with Crippen LogP contribution in [0.25, 0.3) is 0 Å². The van der Waals surface area contributed by atoms with Crippen LogP contribution in [0.5, 0.6) is 0 Å². The van der Waals surface area contributed by atoms with E-state index in [-0.39, 0.29) is 17.2 Å². The molecule has 1 aromatic heterocycles. The number of carbonyl (C=O) groups is 1. The van der Waals surface area contributed by atoms with Crippen LogP contribution in [-0.4, -0.2) is 21.6 Å². The third kappa shape index (κ3) is 3.22. The van der Waals surface area contributed by atoms with E-state index in [1.165, 1.54) is 13.0 Å².